The molecule has 2 fully saturated rings. The summed E-state index contributed by atoms with van der Waals surface area (Å²) in [4.78, 5) is 43.3. The molecule has 1 N–H and O–H groups in total. The molecule has 5 rings (SSSR count). The van der Waals surface area contributed by atoms with E-state index >= 15 is 0 Å². The van der Waals surface area contributed by atoms with Gasteiger partial charge in [-0.3, -0.25) is 14.4 Å². The summed E-state index contributed by atoms with van der Waals surface area (Å²) in [7, 11) is 3.05. The summed E-state index contributed by atoms with van der Waals surface area (Å²) < 4.78 is 17.6. The molecular formula is C35H48N2O6. The number of hydrogen-bond acceptors (Lipinski definition) is 6. The Morgan fingerprint density at radius 2 is 1.93 bits per heavy atom. The van der Waals surface area contributed by atoms with Crippen molar-refractivity contribution >= 4 is 17.8 Å². The Bertz CT molecular complexity index is 1250. The highest BCUT2D eigenvalue weighted by molar-refractivity contribution is 5.92. The van der Waals surface area contributed by atoms with E-state index in [1.807, 2.05) is 35.2 Å². The van der Waals surface area contributed by atoms with Crippen molar-refractivity contribution < 1.29 is 28.6 Å². The van der Waals surface area contributed by atoms with Gasteiger partial charge in [-0.05, 0) is 87.3 Å². The third-order valence-corrected chi connectivity index (χ3v) is 9.68. The molecule has 2 aliphatic carbocycles. The zero-order valence-electron chi connectivity index (χ0n) is 26.2. The number of fused-ring (bicyclic) bond motifs is 1. The van der Waals surface area contributed by atoms with E-state index in [9.17, 15) is 14.4 Å². The number of nitrogens with zero attached hydrogens (tertiary/aromatic N) is 1. The lowest BCUT2D eigenvalue weighted by Gasteiger charge is -2.53. The van der Waals surface area contributed by atoms with Gasteiger partial charge in [0.1, 0.15) is 11.2 Å². The normalized spacial score (nSPS) is 27.2. The van der Waals surface area contributed by atoms with Crippen LogP contribution >= 0.6 is 0 Å². The average molecular weight is 593 g/mol. The number of ether oxygens (including phenoxy) is 3. The Morgan fingerprint density at radius 3 is 2.60 bits per heavy atom. The molecule has 0 aromatic heterocycles. The van der Waals surface area contributed by atoms with Gasteiger partial charge in [-0.15, -0.1) is 0 Å². The highest BCUT2D eigenvalue weighted by Gasteiger charge is 2.63. The largest absolute Gasteiger partial charge is 0.496 e. The van der Waals surface area contributed by atoms with Crippen molar-refractivity contribution in [2.24, 2.45) is 23.2 Å². The number of rotatable bonds is 12. The number of nitrogens with one attached hydrogen (secondary N) is 1. The highest BCUT2D eigenvalue weighted by atomic mass is 16.5. The molecule has 0 unspecified atom stereocenters. The molecule has 1 saturated carbocycles. The van der Waals surface area contributed by atoms with Gasteiger partial charge in [0.15, 0.2) is 0 Å². The minimum absolute atomic E-state index is 0.0149. The minimum atomic E-state index is -1.11. The lowest BCUT2D eigenvalue weighted by molar-refractivity contribution is -0.182. The number of hydrogen-bond donors (Lipinski definition) is 1. The van der Waals surface area contributed by atoms with E-state index < -0.39 is 11.3 Å². The molecule has 4 atom stereocenters. The maximum atomic E-state index is 14.3. The van der Waals surface area contributed by atoms with Crippen LogP contribution in [0.25, 0.3) is 0 Å². The molecule has 1 aromatic rings. The van der Waals surface area contributed by atoms with Gasteiger partial charge in [0.25, 0.3) is 0 Å². The number of carbonyl (C=O) groups is 3. The summed E-state index contributed by atoms with van der Waals surface area (Å²) in [5.41, 5.74) is 1.99. The Morgan fingerprint density at radius 1 is 1.14 bits per heavy atom. The molecule has 43 heavy (non-hydrogen) atoms. The van der Waals surface area contributed by atoms with Gasteiger partial charge >= 0.3 is 5.97 Å². The van der Waals surface area contributed by atoms with Crippen molar-refractivity contribution in [3.63, 3.8) is 0 Å². The smallest absolute Gasteiger partial charge is 0.320 e. The molecule has 234 valence electrons. The topological polar surface area (TPSA) is 94.2 Å². The number of benzene rings is 1. The molecule has 0 spiro atoms. The molecule has 8 nitrogen and oxygen atoms in total. The van der Waals surface area contributed by atoms with Crippen molar-refractivity contribution in [1.82, 2.24) is 10.2 Å². The summed E-state index contributed by atoms with van der Waals surface area (Å²) in [5, 5.41) is 3.01. The van der Waals surface area contributed by atoms with Crippen LogP contribution in [0.3, 0.4) is 0 Å². The summed E-state index contributed by atoms with van der Waals surface area (Å²) >= 11 is 0. The first-order valence-electron chi connectivity index (χ1n) is 16.1. The van der Waals surface area contributed by atoms with Crippen molar-refractivity contribution in [2.45, 2.75) is 90.3 Å². The molecule has 8 heteroatoms. The van der Waals surface area contributed by atoms with Crippen LogP contribution in [0.1, 0.15) is 77.2 Å². The van der Waals surface area contributed by atoms with E-state index in [0.717, 1.165) is 49.1 Å². The summed E-state index contributed by atoms with van der Waals surface area (Å²) in [5.74, 6) is -0.0940. The number of amides is 2. The van der Waals surface area contributed by atoms with Crippen molar-refractivity contribution in [3.8, 4) is 5.75 Å². The van der Waals surface area contributed by atoms with Gasteiger partial charge in [0.2, 0.25) is 11.8 Å². The molecule has 0 bridgehead atoms. The fourth-order valence-electron chi connectivity index (χ4n) is 7.21. The zero-order chi connectivity index (χ0) is 30.6. The molecule has 2 heterocycles. The van der Waals surface area contributed by atoms with Gasteiger partial charge in [-0.2, -0.15) is 0 Å². The Labute approximate surface area is 256 Å². The first-order valence-corrected chi connectivity index (χ1v) is 16.1. The predicted molar refractivity (Wildman–Crippen MR) is 164 cm³/mol. The standard InChI is InChI=1S/C35H48N2O6/c1-23(2)29-21-30-35(34(40)42-4,32(43-29)26-14-15-26)22-27(33(39)37(30)19-17-24-10-6-5-7-11-24)20-31(38)36-18-16-25-12-8-9-13-28(25)41-3/h8-10,12-13,21,23,26-27,29,32H,5-7,11,14-20,22H2,1-4H3,(H,36,38)/t27-,29+,32+,35+/m0/s1. The Kier molecular flexibility index (Phi) is 9.95. The van der Waals surface area contributed by atoms with Crippen LogP contribution in [0.15, 0.2) is 47.7 Å². The van der Waals surface area contributed by atoms with Gasteiger partial charge in [-0.1, -0.05) is 43.7 Å². The Hall–Kier alpha value is -3.13. The molecule has 2 aliphatic heterocycles. The average Bonchev–Trinajstić information content (AvgIpc) is 3.86. The van der Waals surface area contributed by atoms with Crippen LogP contribution in [-0.2, 0) is 30.3 Å². The highest BCUT2D eigenvalue weighted by Crippen LogP contribution is 2.56. The molecule has 2 amide bonds. The number of allylic oxidation sites excluding steroid dienone is 1. The second-order valence-electron chi connectivity index (χ2n) is 13.0. The number of esters is 1. The summed E-state index contributed by atoms with van der Waals surface area (Å²) in [6.07, 6.45) is 11.8. The van der Waals surface area contributed by atoms with Gasteiger partial charge in [0, 0.05) is 31.1 Å². The van der Waals surface area contributed by atoms with Crippen molar-refractivity contribution in [3.05, 3.63) is 53.3 Å². The van der Waals surface area contributed by atoms with Gasteiger partial charge in [-0.25, -0.2) is 0 Å². The number of para-hydroxylation sites is 1. The minimum Gasteiger partial charge on any atom is -0.496 e. The van der Waals surface area contributed by atoms with E-state index in [2.05, 4.69) is 25.2 Å². The van der Waals surface area contributed by atoms with E-state index in [1.54, 1.807) is 7.11 Å². The lowest BCUT2D eigenvalue weighted by atomic mass is 9.64. The van der Waals surface area contributed by atoms with Gasteiger partial charge < -0.3 is 24.4 Å². The van der Waals surface area contributed by atoms with Crippen LogP contribution < -0.4 is 10.1 Å². The third-order valence-electron chi connectivity index (χ3n) is 9.68. The number of likely N-dealkylation sites (tertiary alicyclic amines) is 1. The maximum absolute atomic E-state index is 14.3. The van der Waals surface area contributed by atoms with Crippen LogP contribution in [-0.4, -0.2) is 62.2 Å². The van der Waals surface area contributed by atoms with Gasteiger partial charge in [0.05, 0.1) is 26.4 Å². The molecule has 4 aliphatic rings. The molecule has 1 aromatic carbocycles. The molecule has 1 saturated heterocycles. The Balaban J connectivity index is 1.41. The van der Waals surface area contributed by atoms with E-state index in [1.165, 1.54) is 25.5 Å². The first-order chi connectivity index (χ1) is 20.8. The fraction of sp³-hybridized carbons (Fsp3) is 0.629. The van der Waals surface area contributed by atoms with E-state index in [0.29, 0.717) is 19.5 Å². The third kappa shape index (κ3) is 6.69. The quantitative estimate of drug-likeness (QED) is 0.260. The lowest BCUT2D eigenvalue weighted by Crippen LogP contribution is -2.62. The van der Waals surface area contributed by atoms with Crippen molar-refractivity contribution in [2.75, 3.05) is 27.3 Å². The van der Waals surface area contributed by atoms with E-state index in [-0.39, 0.29) is 54.7 Å². The predicted octanol–water partition coefficient (Wildman–Crippen LogP) is 5.36. The molecule has 0 radical (unpaired) electrons. The fourth-order valence-corrected chi connectivity index (χ4v) is 7.21. The van der Waals surface area contributed by atoms with E-state index in [4.69, 9.17) is 14.2 Å². The number of piperidine rings is 1. The van der Waals surface area contributed by atoms with Crippen LogP contribution in [0.4, 0.5) is 0 Å². The second kappa shape index (κ2) is 13.7. The first kappa shape index (κ1) is 31.3. The monoisotopic (exact) mass is 592 g/mol. The van der Waals surface area contributed by atoms with Crippen molar-refractivity contribution in [1.29, 1.82) is 0 Å². The number of methoxy groups -OCH3 is 2. The SMILES string of the molecule is COC(=O)[C@]12C[C@H](CC(=O)NCCc3ccccc3OC)C(=O)N(CCC3=CCCCC3)C1=C[C@H](C(C)C)O[C@@H]2C1CC1. The maximum Gasteiger partial charge on any atom is 0.320 e. The summed E-state index contributed by atoms with van der Waals surface area (Å²) in [6, 6.07) is 7.75. The second-order valence-corrected chi connectivity index (χ2v) is 13.0. The number of carbonyl (C=O) groups excluding carboxylic acids is 3. The van der Waals surface area contributed by atoms with Crippen LogP contribution in [0, 0.1) is 23.2 Å². The summed E-state index contributed by atoms with van der Waals surface area (Å²) in [6.45, 7) is 5.13. The zero-order valence-corrected chi connectivity index (χ0v) is 26.2. The molecular weight excluding hydrogens is 544 g/mol. The van der Waals surface area contributed by atoms with Crippen LogP contribution in [0.5, 0.6) is 5.75 Å². The van der Waals surface area contributed by atoms with Crippen LogP contribution in [0.2, 0.25) is 0 Å².